The molecule has 1 aromatic heterocycles. The van der Waals surface area contributed by atoms with Crippen LogP contribution in [-0.4, -0.2) is 21.6 Å². The molecule has 132 valence electrons. The van der Waals surface area contributed by atoms with E-state index in [2.05, 4.69) is 50.3 Å². The van der Waals surface area contributed by atoms with Gasteiger partial charge >= 0.3 is 12.0 Å². The summed E-state index contributed by atoms with van der Waals surface area (Å²) in [5.74, 6) is -0.267. The largest absolute Gasteiger partial charge is 0.422 e. The minimum absolute atomic E-state index is 0.145. The number of nitrogens with zero attached hydrogens (tertiary/aromatic N) is 3. The molecule has 26 heavy (non-hydrogen) atoms. The Hall–Kier alpha value is -2.18. The van der Waals surface area contributed by atoms with Crippen LogP contribution in [0, 0.1) is 3.57 Å². The standard InChI is InChI=1S/C16H11IN4O3S2/c17-10-2-1-3-11(8-10)18-16(23)21(25)12-4-6-13(7-5-12)24-15(22)14-9-26-20-19-14/h1-9,25H,(H,18,23). The molecule has 0 aliphatic rings. The van der Waals surface area contributed by atoms with Gasteiger partial charge in [0.1, 0.15) is 5.75 Å². The van der Waals surface area contributed by atoms with E-state index in [1.165, 1.54) is 5.38 Å². The minimum Gasteiger partial charge on any atom is -0.422 e. The molecule has 0 fully saturated rings. The molecule has 0 unspecified atom stereocenters. The SMILES string of the molecule is O=C(Oc1ccc(N(S)C(=O)Nc2cccc(I)c2)cc1)c1csnn1. The third kappa shape index (κ3) is 4.71. The molecule has 7 nitrogen and oxygen atoms in total. The first kappa shape index (κ1) is 18.6. The molecule has 2 amide bonds. The van der Waals surface area contributed by atoms with Gasteiger partial charge in [0, 0.05) is 14.6 Å². The van der Waals surface area contributed by atoms with Crippen molar-refractivity contribution in [3.05, 3.63) is 63.2 Å². The van der Waals surface area contributed by atoms with Crippen molar-refractivity contribution >= 4 is 70.3 Å². The number of hydrogen-bond donors (Lipinski definition) is 2. The van der Waals surface area contributed by atoms with Crippen LogP contribution in [0.4, 0.5) is 16.2 Å². The van der Waals surface area contributed by atoms with E-state index in [-0.39, 0.29) is 5.69 Å². The highest BCUT2D eigenvalue weighted by molar-refractivity contribution is 14.1. The van der Waals surface area contributed by atoms with Crippen molar-refractivity contribution in [2.75, 3.05) is 9.62 Å². The molecule has 0 aliphatic carbocycles. The van der Waals surface area contributed by atoms with Gasteiger partial charge in [0.2, 0.25) is 0 Å². The summed E-state index contributed by atoms with van der Waals surface area (Å²) in [5.41, 5.74) is 1.33. The molecule has 0 bridgehead atoms. The number of anilines is 2. The van der Waals surface area contributed by atoms with Crippen LogP contribution in [0.25, 0.3) is 0 Å². The van der Waals surface area contributed by atoms with E-state index in [0.29, 0.717) is 17.1 Å². The molecule has 1 N–H and O–H groups in total. The lowest BCUT2D eigenvalue weighted by Crippen LogP contribution is -2.26. The maximum atomic E-state index is 12.3. The van der Waals surface area contributed by atoms with E-state index in [9.17, 15) is 9.59 Å². The molecule has 0 saturated carbocycles. The Morgan fingerprint density at radius 1 is 1.19 bits per heavy atom. The van der Waals surface area contributed by atoms with Crippen LogP contribution in [0.2, 0.25) is 0 Å². The number of esters is 1. The van der Waals surface area contributed by atoms with Gasteiger partial charge in [-0.3, -0.25) is 0 Å². The number of benzene rings is 2. The van der Waals surface area contributed by atoms with Gasteiger partial charge in [-0.05, 0) is 76.6 Å². The number of hydrogen-bond acceptors (Lipinski definition) is 7. The zero-order valence-electron chi connectivity index (χ0n) is 13.0. The van der Waals surface area contributed by atoms with E-state index >= 15 is 0 Å². The average Bonchev–Trinajstić information content (AvgIpc) is 3.16. The van der Waals surface area contributed by atoms with Crippen LogP contribution in [0.1, 0.15) is 10.5 Å². The van der Waals surface area contributed by atoms with Crippen LogP contribution >= 0.6 is 46.9 Å². The zero-order chi connectivity index (χ0) is 18.5. The lowest BCUT2D eigenvalue weighted by molar-refractivity contribution is 0.0728. The first-order valence-electron chi connectivity index (χ1n) is 7.18. The summed E-state index contributed by atoms with van der Waals surface area (Å²) < 4.78 is 11.0. The molecule has 3 rings (SSSR count). The molecular weight excluding hydrogens is 487 g/mol. The van der Waals surface area contributed by atoms with Crippen molar-refractivity contribution in [1.82, 2.24) is 9.59 Å². The van der Waals surface area contributed by atoms with Gasteiger partial charge in [-0.25, -0.2) is 13.9 Å². The number of carbonyl (C=O) groups excluding carboxylic acids is 2. The Labute approximate surface area is 172 Å². The van der Waals surface area contributed by atoms with Gasteiger partial charge in [-0.1, -0.05) is 23.4 Å². The van der Waals surface area contributed by atoms with Crippen LogP contribution in [0.15, 0.2) is 53.9 Å². The predicted molar refractivity (Wildman–Crippen MR) is 111 cm³/mol. The molecule has 0 spiro atoms. The lowest BCUT2D eigenvalue weighted by atomic mass is 10.3. The van der Waals surface area contributed by atoms with E-state index in [0.717, 1.165) is 19.4 Å². The van der Waals surface area contributed by atoms with Gasteiger partial charge in [-0.2, -0.15) is 0 Å². The summed E-state index contributed by atoms with van der Waals surface area (Å²) in [7, 11) is 0. The van der Waals surface area contributed by atoms with Crippen LogP contribution in [-0.2, 0) is 0 Å². The van der Waals surface area contributed by atoms with Crippen molar-refractivity contribution in [3.63, 3.8) is 0 Å². The minimum atomic E-state index is -0.592. The summed E-state index contributed by atoms with van der Waals surface area (Å²) in [4.78, 5) is 24.1. The van der Waals surface area contributed by atoms with Crippen molar-refractivity contribution in [3.8, 4) is 5.75 Å². The number of nitrogens with one attached hydrogen (secondary N) is 1. The topological polar surface area (TPSA) is 84.4 Å². The van der Waals surface area contributed by atoms with Crippen molar-refractivity contribution in [2.45, 2.75) is 0 Å². The molecule has 3 aromatic rings. The van der Waals surface area contributed by atoms with E-state index < -0.39 is 12.0 Å². The Morgan fingerprint density at radius 2 is 1.96 bits per heavy atom. The summed E-state index contributed by atoms with van der Waals surface area (Å²) in [5, 5.41) is 7.90. The Kier molecular flexibility index (Phi) is 6.06. The maximum absolute atomic E-state index is 12.3. The molecule has 2 aromatic carbocycles. The van der Waals surface area contributed by atoms with Gasteiger partial charge < -0.3 is 10.1 Å². The fourth-order valence-corrected chi connectivity index (χ4v) is 3.08. The number of aromatic nitrogens is 2. The highest BCUT2D eigenvalue weighted by Gasteiger charge is 2.14. The van der Waals surface area contributed by atoms with Crippen molar-refractivity contribution in [1.29, 1.82) is 0 Å². The second-order valence-corrected chi connectivity index (χ2v) is 7.18. The lowest BCUT2D eigenvalue weighted by Gasteiger charge is -2.17. The Balaban J connectivity index is 1.63. The fraction of sp³-hybridized carbons (Fsp3) is 0. The summed E-state index contributed by atoms with van der Waals surface area (Å²) in [6, 6.07) is 13.4. The van der Waals surface area contributed by atoms with E-state index in [4.69, 9.17) is 4.74 Å². The van der Waals surface area contributed by atoms with Gasteiger partial charge in [0.25, 0.3) is 0 Å². The van der Waals surface area contributed by atoms with Crippen LogP contribution in [0.3, 0.4) is 0 Å². The van der Waals surface area contributed by atoms with E-state index in [1.54, 1.807) is 30.3 Å². The summed E-state index contributed by atoms with van der Waals surface area (Å²) >= 11 is 7.45. The zero-order valence-corrected chi connectivity index (χ0v) is 16.9. The predicted octanol–water partition coefficient (Wildman–Crippen LogP) is 4.25. The van der Waals surface area contributed by atoms with Gasteiger partial charge in [0.05, 0.1) is 5.69 Å². The molecule has 0 atom stereocenters. The van der Waals surface area contributed by atoms with E-state index in [1.807, 2.05) is 18.2 Å². The van der Waals surface area contributed by atoms with Crippen molar-refractivity contribution in [2.24, 2.45) is 0 Å². The average molecular weight is 498 g/mol. The molecular formula is C16H11IN4O3S2. The smallest absolute Gasteiger partial charge is 0.365 e. The third-order valence-corrected chi connectivity index (χ3v) is 4.72. The second kappa shape index (κ2) is 8.47. The summed E-state index contributed by atoms with van der Waals surface area (Å²) in [6.45, 7) is 0. The number of carbonyl (C=O) groups is 2. The normalized spacial score (nSPS) is 10.2. The molecule has 0 saturated heterocycles. The van der Waals surface area contributed by atoms with Gasteiger partial charge in [0.15, 0.2) is 5.69 Å². The maximum Gasteiger partial charge on any atom is 0.365 e. The van der Waals surface area contributed by atoms with Gasteiger partial charge in [-0.15, -0.1) is 5.10 Å². The first-order valence-corrected chi connectivity index (χ1v) is 9.49. The molecule has 1 heterocycles. The highest BCUT2D eigenvalue weighted by Crippen LogP contribution is 2.23. The number of rotatable bonds is 4. The highest BCUT2D eigenvalue weighted by atomic mass is 127. The second-order valence-electron chi connectivity index (χ2n) is 4.93. The number of halogens is 1. The molecule has 0 aliphatic heterocycles. The number of thiol groups is 1. The number of amides is 2. The third-order valence-electron chi connectivity index (χ3n) is 3.13. The van der Waals surface area contributed by atoms with Crippen LogP contribution in [0.5, 0.6) is 5.75 Å². The quantitative estimate of drug-likeness (QED) is 0.243. The number of urea groups is 1. The molecule has 0 radical (unpaired) electrons. The first-order chi connectivity index (χ1) is 12.5. The number of ether oxygens (including phenoxy) is 1. The Morgan fingerprint density at radius 3 is 2.62 bits per heavy atom. The Bertz CT molecular complexity index is 920. The fourth-order valence-electron chi connectivity index (χ4n) is 1.93. The van der Waals surface area contributed by atoms with Crippen LogP contribution < -0.4 is 14.4 Å². The van der Waals surface area contributed by atoms with Crippen molar-refractivity contribution < 1.29 is 14.3 Å². The summed E-state index contributed by atoms with van der Waals surface area (Å²) in [6.07, 6.45) is 0. The monoisotopic (exact) mass is 498 g/mol. The molecule has 10 heteroatoms.